The molecule has 2 N–H and O–H groups in total. The van der Waals surface area contributed by atoms with Gasteiger partial charge in [0.1, 0.15) is 6.23 Å². The summed E-state index contributed by atoms with van der Waals surface area (Å²) < 4.78 is 4.93. The van der Waals surface area contributed by atoms with Gasteiger partial charge in [0, 0.05) is 7.11 Å². The molecule has 0 spiro atoms. The van der Waals surface area contributed by atoms with Crippen molar-refractivity contribution >= 4 is 5.91 Å². The molecular formula is C6H14N2O2. The first-order chi connectivity index (χ1) is 4.57. The lowest BCUT2D eigenvalue weighted by molar-refractivity contribution is -0.121. The number of likely N-dealkylation sites (N-methyl/N-ethyl adjacent to an activating group) is 1. The molecule has 0 aromatic heterocycles. The molecule has 4 nitrogen and oxygen atoms in total. The summed E-state index contributed by atoms with van der Waals surface area (Å²) in [5.74, 6) is -0.341. The van der Waals surface area contributed by atoms with E-state index < -0.39 is 0 Å². The maximum atomic E-state index is 10.4. The lowest BCUT2D eigenvalue weighted by atomic mass is 10.5. The Balaban J connectivity index is 3.61. The molecule has 0 aliphatic rings. The fraction of sp³-hybridized carbons (Fsp3) is 0.833. The molecule has 0 aromatic rings. The van der Waals surface area contributed by atoms with Crippen LogP contribution in [-0.2, 0) is 9.53 Å². The first-order valence-electron chi connectivity index (χ1n) is 3.09. The van der Waals surface area contributed by atoms with Crippen molar-refractivity contribution in [3.8, 4) is 0 Å². The van der Waals surface area contributed by atoms with Crippen molar-refractivity contribution in [1.29, 1.82) is 0 Å². The molecule has 0 saturated carbocycles. The number of nitrogens with zero attached hydrogens (tertiary/aromatic N) is 1. The second-order valence-corrected chi connectivity index (χ2v) is 2.22. The number of primary amides is 1. The third-order valence-corrected chi connectivity index (χ3v) is 1.37. The van der Waals surface area contributed by atoms with Gasteiger partial charge in [0.25, 0.3) is 0 Å². The van der Waals surface area contributed by atoms with E-state index in [0.717, 1.165) is 0 Å². The molecular weight excluding hydrogens is 132 g/mol. The minimum absolute atomic E-state index is 0.0625. The van der Waals surface area contributed by atoms with Gasteiger partial charge in [0.05, 0.1) is 6.54 Å². The molecule has 0 aromatic carbocycles. The van der Waals surface area contributed by atoms with Crippen molar-refractivity contribution in [3.63, 3.8) is 0 Å². The van der Waals surface area contributed by atoms with Crippen LogP contribution in [0.15, 0.2) is 0 Å². The third kappa shape index (κ3) is 3.42. The highest BCUT2D eigenvalue weighted by Gasteiger charge is 2.08. The molecule has 0 radical (unpaired) electrons. The van der Waals surface area contributed by atoms with Crippen LogP contribution in [0.1, 0.15) is 6.92 Å². The number of hydrogen-bond acceptors (Lipinski definition) is 3. The lowest BCUT2D eigenvalue weighted by Gasteiger charge is -2.20. The van der Waals surface area contributed by atoms with Crippen molar-refractivity contribution in [2.24, 2.45) is 5.73 Å². The number of rotatable bonds is 4. The predicted octanol–water partition coefficient (Wildman–Crippen LogP) is -0.604. The Hall–Kier alpha value is -0.610. The van der Waals surface area contributed by atoms with Crippen molar-refractivity contribution in [3.05, 3.63) is 0 Å². The fourth-order valence-corrected chi connectivity index (χ4v) is 0.554. The van der Waals surface area contributed by atoms with Gasteiger partial charge >= 0.3 is 0 Å². The third-order valence-electron chi connectivity index (χ3n) is 1.37. The number of ether oxygens (including phenoxy) is 1. The molecule has 1 unspecified atom stereocenters. The van der Waals surface area contributed by atoms with Gasteiger partial charge in [-0.2, -0.15) is 0 Å². The van der Waals surface area contributed by atoms with Crippen molar-refractivity contribution in [2.45, 2.75) is 13.2 Å². The van der Waals surface area contributed by atoms with Crippen LogP contribution in [0.5, 0.6) is 0 Å². The highest BCUT2D eigenvalue weighted by Crippen LogP contribution is 1.93. The monoisotopic (exact) mass is 146 g/mol. The van der Waals surface area contributed by atoms with Gasteiger partial charge < -0.3 is 10.5 Å². The summed E-state index contributed by atoms with van der Waals surface area (Å²) in [5.41, 5.74) is 4.95. The summed E-state index contributed by atoms with van der Waals surface area (Å²) in [6.45, 7) is 2.08. The topological polar surface area (TPSA) is 55.6 Å². The van der Waals surface area contributed by atoms with Gasteiger partial charge in [-0.1, -0.05) is 0 Å². The normalized spacial score (nSPS) is 13.6. The van der Waals surface area contributed by atoms with Crippen LogP contribution < -0.4 is 5.73 Å². The quantitative estimate of drug-likeness (QED) is 0.539. The first kappa shape index (κ1) is 9.39. The van der Waals surface area contributed by atoms with Crippen molar-refractivity contribution in [2.75, 3.05) is 20.7 Å². The van der Waals surface area contributed by atoms with Crippen LogP contribution in [0.3, 0.4) is 0 Å². The van der Waals surface area contributed by atoms with Gasteiger partial charge in [-0.05, 0) is 14.0 Å². The number of carbonyl (C=O) groups excluding carboxylic acids is 1. The summed E-state index contributed by atoms with van der Waals surface area (Å²) in [5, 5.41) is 0. The van der Waals surface area contributed by atoms with Gasteiger partial charge in [-0.3, -0.25) is 9.69 Å². The summed E-state index contributed by atoms with van der Waals surface area (Å²) in [6, 6.07) is 0. The zero-order chi connectivity index (χ0) is 8.15. The van der Waals surface area contributed by atoms with Gasteiger partial charge in [0.2, 0.25) is 5.91 Å². The van der Waals surface area contributed by atoms with E-state index in [1.165, 1.54) is 0 Å². The second-order valence-electron chi connectivity index (χ2n) is 2.22. The molecule has 0 saturated heterocycles. The van der Waals surface area contributed by atoms with E-state index in [-0.39, 0.29) is 18.7 Å². The van der Waals surface area contributed by atoms with Gasteiger partial charge in [-0.15, -0.1) is 0 Å². The standard InChI is InChI=1S/C6H14N2O2/c1-5(10-3)8(2)4-6(7)9/h5H,4H2,1-3H3,(H2,7,9). The first-order valence-corrected chi connectivity index (χ1v) is 3.09. The Morgan fingerprint density at radius 1 is 1.80 bits per heavy atom. The SMILES string of the molecule is COC(C)N(C)CC(N)=O. The summed E-state index contributed by atoms with van der Waals surface area (Å²) in [6.07, 6.45) is -0.0625. The highest BCUT2D eigenvalue weighted by atomic mass is 16.5. The minimum atomic E-state index is -0.341. The predicted molar refractivity (Wildman–Crippen MR) is 38.3 cm³/mol. The average Bonchev–Trinajstić information content (AvgIpc) is 1.85. The highest BCUT2D eigenvalue weighted by molar-refractivity contribution is 5.75. The Morgan fingerprint density at radius 3 is 2.60 bits per heavy atom. The van der Waals surface area contributed by atoms with Crippen LogP contribution in [0.2, 0.25) is 0 Å². The van der Waals surface area contributed by atoms with Crippen LogP contribution >= 0.6 is 0 Å². The fourth-order valence-electron chi connectivity index (χ4n) is 0.554. The Labute approximate surface area is 60.9 Å². The van der Waals surface area contributed by atoms with E-state index in [2.05, 4.69) is 0 Å². The molecule has 10 heavy (non-hydrogen) atoms. The molecule has 0 bridgehead atoms. The van der Waals surface area contributed by atoms with E-state index in [9.17, 15) is 4.79 Å². The van der Waals surface area contributed by atoms with Gasteiger partial charge in [-0.25, -0.2) is 0 Å². The Kier molecular flexibility index (Phi) is 3.99. The molecule has 4 heteroatoms. The van der Waals surface area contributed by atoms with Crippen LogP contribution in [0.4, 0.5) is 0 Å². The second kappa shape index (κ2) is 4.24. The summed E-state index contributed by atoms with van der Waals surface area (Å²) >= 11 is 0. The number of nitrogens with two attached hydrogens (primary N) is 1. The number of hydrogen-bond donors (Lipinski definition) is 1. The Morgan fingerprint density at radius 2 is 2.30 bits per heavy atom. The summed E-state index contributed by atoms with van der Waals surface area (Å²) in [7, 11) is 3.36. The van der Waals surface area contributed by atoms with E-state index in [0.29, 0.717) is 0 Å². The zero-order valence-corrected chi connectivity index (χ0v) is 6.63. The molecule has 0 aliphatic carbocycles. The summed E-state index contributed by atoms with van der Waals surface area (Å²) in [4.78, 5) is 12.1. The van der Waals surface area contributed by atoms with Crippen LogP contribution in [0, 0.1) is 0 Å². The van der Waals surface area contributed by atoms with Gasteiger partial charge in [0.15, 0.2) is 0 Å². The molecule has 0 fully saturated rings. The minimum Gasteiger partial charge on any atom is -0.369 e. The zero-order valence-electron chi connectivity index (χ0n) is 6.63. The average molecular weight is 146 g/mol. The lowest BCUT2D eigenvalue weighted by Crippen LogP contribution is -2.37. The molecule has 0 heterocycles. The maximum absolute atomic E-state index is 10.4. The molecule has 0 aliphatic heterocycles. The van der Waals surface area contributed by atoms with Crippen molar-refractivity contribution in [1.82, 2.24) is 4.90 Å². The van der Waals surface area contributed by atoms with E-state index in [4.69, 9.17) is 10.5 Å². The largest absolute Gasteiger partial charge is 0.369 e. The Bertz CT molecular complexity index is 116. The number of carbonyl (C=O) groups is 1. The van der Waals surface area contributed by atoms with Crippen LogP contribution in [-0.4, -0.2) is 37.7 Å². The molecule has 60 valence electrons. The molecule has 1 atom stereocenters. The molecule has 0 rings (SSSR count). The van der Waals surface area contributed by atoms with E-state index in [1.54, 1.807) is 19.1 Å². The number of amides is 1. The maximum Gasteiger partial charge on any atom is 0.231 e. The van der Waals surface area contributed by atoms with Crippen molar-refractivity contribution < 1.29 is 9.53 Å². The molecule has 1 amide bonds. The smallest absolute Gasteiger partial charge is 0.231 e. The van der Waals surface area contributed by atoms with E-state index >= 15 is 0 Å². The van der Waals surface area contributed by atoms with Crippen LogP contribution in [0.25, 0.3) is 0 Å². The van der Waals surface area contributed by atoms with E-state index in [1.807, 2.05) is 6.92 Å². The number of methoxy groups -OCH3 is 1.